The number of hydrogen-bond donors (Lipinski definition) is 0. The second-order valence-electron chi connectivity index (χ2n) is 3.88. The van der Waals surface area contributed by atoms with Gasteiger partial charge < -0.3 is 9.47 Å². The molecule has 0 N–H and O–H groups in total. The SMILES string of the molecule is COC(=O)Cc1c(CBr)cc(C(F)(F)F)nc1OC(F)(F)F. The van der Waals surface area contributed by atoms with Gasteiger partial charge in [0.05, 0.1) is 13.5 Å². The van der Waals surface area contributed by atoms with Gasteiger partial charge in [-0.05, 0) is 11.6 Å². The second-order valence-corrected chi connectivity index (χ2v) is 4.44. The molecule has 0 aliphatic carbocycles. The first-order valence-corrected chi connectivity index (χ1v) is 6.58. The standard InChI is InChI=1S/C11H8BrF6NO3/c1-21-8(20)3-6-5(4-12)2-7(10(13,14)15)19-9(6)22-11(16,17)18/h2H,3-4H2,1H3. The van der Waals surface area contributed by atoms with Crippen LogP contribution in [0.25, 0.3) is 0 Å². The maximum absolute atomic E-state index is 12.7. The Kier molecular flexibility index (Phi) is 5.65. The lowest BCUT2D eigenvalue weighted by Crippen LogP contribution is -2.22. The van der Waals surface area contributed by atoms with E-state index in [4.69, 9.17) is 0 Å². The predicted octanol–water partition coefficient (Wildman–Crippen LogP) is 3.61. The molecule has 1 heterocycles. The molecule has 1 aromatic heterocycles. The Labute approximate surface area is 128 Å². The van der Waals surface area contributed by atoms with Crippen molar-refractivity contribution in [3.05, 3.63) is 22.9 Å². The third-order valence-electron chi connectivity index (χ3n) is 2.37. The quantitative estimate of drug-likeness (QED) is 0.444. The van der Waals surface area contributed by atoms with Gasteiger partial charge in [0.15, 0.2) is 0 Å². The third-order valence-corrected chi connectivity index (χ3v) is 2.98. The highest BCUT2D eigenvalue weighted by Gasteiger charge is 2.38. The molecule has 4 nitrogen and oxygen atoms in total. The first-order chi connectivity index (χ1) is 9.97. The van der Waals surface area contributed by atoms with Crippen LogP contribution in [0.4, 0.5) is 26.3 Å². The average Bonchev–Trinajstić information content (AvgIpc) is 2.37. The molecule has 22 heavy (non-hydrogen) atoms. The zero-order valence-electron chi connectivity index (χ0n) is 10.8. The first kappa shape index (κ1) is 18.5. The molecule has 0 aliphatic rings. The smallest absolute Gasteiger partial charge is 0.469 e. The monoisotopic (exact) mass is 395 g/mol. The van der Waals surface area contributed by atoms with E-state index in [0.29, 0.717) is 6.07 Å². The number of carbonyl (C=O) groups excluding carboxylic acids is 1. The Balaban J connectivity index is 3.46. The molecule has 0 atom stereocenters. The molecule has 1 rings (SSSR count). The maximum Gasteiger partial charge on any atom is 0.574 e. The molecule has 11 heteroatoms. The van der Waals surface area contributed by atoms with E-state index in [2.05, 4.69) is 30.4 Å². The van der Waals surface area contributed by atoms with Crippen LogP contribution in [0.1, 0.15) is 16.8 Å². The van der Waals surface area contributed by atoms with Crippen LogP contribution in [0.2, 0.25) is 0 Å². The fourth-order valence-corrected chi connectivity index (χ4v) is 1.96. The molecule has 0 saturated carbocycles. The summed E-state index contributed by atoms with van der Waals surface area (Å²) in [5, 5.41) is -0.237. The molecule has 0 spiro atoms. The van der Waals surface area contributed by atoms with Gasteiger partial charge in [-0.3, -0.25) is 4.79 Å². The zero-order valence-corrected chi connectivity index (χ0v) is 12.4. The summed E-state index contributed by atoms with van der Waals surface area (Å²) < 4.78 is 82.8. The van der Waals surface area contributed by atoms with Crippen molar-refractivity contribution in [2.75, 3.05) is 7.11 Å². The van der Waals surface area contributed by atoms with Crippen LogP contribution >= 0.6 is 15.9 Å². The lowest BCUT2D eigenvalue weighted by Gasteiger charge is -2.17. The van der Waals surface area contributed by atoms with E-state index in [9.17, 15) is 31.1 Å². The second kappa shape index (κ2) is 6.71. The fourth-order valence-electron chi connectivity index (χ4n) is 1.46. The van der Waals surface area contributed by atoms with Crippen LogP contribution in [-0.4, -0.2) is 24.4 Å². The van der Waals surface area contributed by atoms with Crippen LogP contribution < -0.4 is 4.74 Å². The molecule has 0 radical (unpaired) electrons. The first-order valence-electron chi connectivity index (χ1n) is 5.46. The van der Waals surface area contributed by atoms with Gasteiger partial charge in [-0.15, -0.1) is 13.2 Å². The molecular weight excluding hydrogens is 388 g/mol. The number of carbonyl (C=O) groups is 1. The Morgan fingerprint density at radius 2 is 1.86 bits per heavy atom. The number of esters is 1. The minimum Gasteiger partial charge on any atom is -0.469 e. The van der Waals surface area contributed by atoms with E-state index in [1.54, 1.807) is 0 Å². The Bertz CT molecular complexity index is 558. The van der Waals surface area contributed by atoms with Crippen molar-refractivity contribution in [1.82, 2.24) is 4.98 Å². The van der Waals surface area contributed by atoms with Gasteiger partial charge >= 0.3 is 18.5 Å². The molecule has 0 aromatic carbocycles. The minimum absolute atomic E-state index is 0.216. The normalized spacial score (nSPS) is 12.2. The highest BCUT2D eigenvalue weighted by molar-refractivity contribution is 9.08. The summed E-state index contributed by atoms with van der Waals surface area (Å²) in [5.41, 5.74) is -2.21. The number of hydrogen-bond acceptors (Lipinski definition) is 4. The van der Waals surface area contributed by atoms with E-state index in [-0.39, 0.29) is 10.9 Å². The van der Waals surface area contributed by atoms with Crippen LogP contribution in [0.3, 0.4) is 0 Å². The summed E-state index contributed by atoms with van der Waals surface area (Å²) >= 11 is 2.85. The van der Waals surface area contributed by atoms with E-state index in [1.807, 2.05) is 0 Å². The van der Waals surface area contributed by atoms with Crippen molar-refractivity contribution < 1.29 is 40.6 Å². The van der Waals surface area contributed by atoms with Crippen LogP contribution in [0.15, 0.2) is 6.07 Å². The molecule has 1 aromatic rings. The fraction of sp³-hybridized carbons (Fsp3) is 0.455. The summed E-state index contributed by atoms with van der Waals surface area (Å²) in [6.07, 6.45) is -10.9. The van der Waals surface area contributed by atoms with Gasteiger partial charge in [0.1, 0.15) is 5.69 Å². The van der Waals surface area contributed by atoms with Crippen molar-refractivity contribution >= 4 is 21.9 Å². The highest BCUT2D eigenvalue weighted by atomic mass is 79.9. The van der Waals surface area contributed by atoms with Gasteiger partial charge in [-0.25, -0.2) is 4.98 Å². The zero-order chi connectivity index (χ0) is 17.1. The van der Waals surface area contributed by atoms with Gasteiger partial charge in [0.2, 0.25) is 5.88 Å². The van der Waals surface area contributed by atoms with E-state index in [1.165, 1.54) is 0 Å². The molecule has 0 fully saturated rings. The number of rotatable bonds is 4. The minimum atomic E-state index is -5.26. The number of aromatic nitrogens is 1. The van der Waals surface area contributed by atoms with Crippen molar-refractivity contribution in [3.63, 3.8) is 0 Å². The summed E-state index contributed by atoms with van der Waals surface area (Å²) in [6.45, 7) is 0. The summed E-state index contributed by atoms with van der Waals surface area (Å²) in [4.78, 5) is 14.1. The van der Waals surface area contributed by atoms with Crippen LogP contribution in [-0.2, 0) is 27.5 Å². The molecule has 0 unspecified atom stereocenters. The summed E-state index contributed by atoms with van der Waals surface area (Å²) in [6, 6.07) is 0.538. The predicted molar refractivity (Wildman–Crippen MR) is 64.3 cm³/mol. The van der Waals surface area contributed by atoms with Crippen LogP contribution in [0.5, 0.6) is 5.88 Å². The average molecular weight is 396 g/mol. The molecule has 0 amide bonds. The Hall–Kier alpha value is -1.52. The van der Waals surface area contributed by atoms with E-state index in [0.717, 1.165) is 7.11 Å². The van der Waals surface area contributed by atoms with Gasteiger partial charge in [-0.2, -0.15) is 13.2 Å². The van der Waals surface area contributed by atoms with Crippen molar-refractivity contribution in [2.24, 2.45) is 0 Å². The number of ether oxygens (including phenoxy) is 2. The largest absolute Gasteiger partial charge is 0.574 e. The molecule has 124 valence electrons. The number of nitrogens with zero attached hydrogens (tertiary/aromatic N) is 1. The third kappa shape index (κ3) is 5.04. The molecule has 0 bridgehead atoms. The lowest BCUT2D eigenvalue weighted by atomic mass is 10.1. The van der Waals surface area contributed by atoms with Crippen molar-refractivity contribution in [2.45, 2.75) is 24.3 Å². The maximum atomic E-state index is 12.7. The number of pyridine rings is 1. The highest BCUT2D eigenvalue weighted by Crippen LogP contribution is 2.35. The molecule has 0 saturated heterocycles. The Morgan fingerprint density at radius 3 is 2.27 bits per heavy atom. The van der Waals surface area contributed by atoms with Crippen molar-refractivity contribution in [1.29, 1.82) is 0 Å². The molecular formula is C11H8BrF6NO3. The lowest BCUT2D eigenvalue weighted by molar-refractivity contribution is -0.276. The van der Waals surface area contributed by atoms with Gasteiger partial charge in [-0.1, -0.05) is 15.9 Å². The van der Waals surface area contributed by atoms with E-state index >= 15 is 0 Å². The van der Waals surface area contributed by atoms with Crippen LogP contribution in [0, 0.1) is 0 Å². The van der Waals surface area contributed by atoms with Gasteiger partial charge in [0.25, 0.3) is 0 Å². The number of halogens is 7. The summed E-state index contributed by atoms with van der Waals surface area (Å²) in [7, 11) is 0.984. The van der Waals surface area contributed by atoms with E-state index < -0.39 is 42.1 Å². The molecule has 0 aliphatic heterocycles. The summed E-state index contributed by atoms with van der Waals surface area (Å²) in [5.74, 6) is -2.28. The van der Waals surface area contributed by atoms with Crippen molar-refractivity contribution in [3.8, 4) is 5.88 Å². The number of alkyl halides is 7. The number of methoxy groups -OCH3 is 1. The van der Waals surface area contributed by atoms with Gasteiger partial charge in [0, 0.05) is 10.9 Å². The Morgan fingerprint density at radius 1 is 1.27 bits per heavy atom. The topological polar surface area (TPSA) is 48.4 Å².